The SMILES string of the molecule is CCC(CC(=O)O)NC(=O)NCC(C)C(C)C. The molecule has 0 aliphatic heterocycles. The number of carbonyl (C=O) groups excluding carboxylic acids is 1. The van der Waals surface area contributed by atoms with Gasteiger partial charge in [0, 0.05) is 12.6 Å². The number of carbonyl (C=O) groups is 2. The van der Waals surface area contributed by atoms with Gasteiger partial charge in [0.15, 0.2) is 0 Å². The topological polar surface area (TPSA) is 78.4 Å². The van der Waals surface area contributed by atoms with Gasteiger partial charge in [-0.25, -0.2) is 4.79 Å². The minimum absolute atomic E-state index is 0.0380. The summed E-state index contributed by atoms with van der Waals surface area (Å²) in [4.78, 5) is 22.0. The van der Waals surface area contributed by atoms with Crippen molar-refractivity contribution >= 4 is 12.0 Å². The molecule has 0 rings (SSSR count). The van der Waals surface area contributed by atoms with E-state index in [2.05, 4.69) is 31.4 Å². The fourth-order valence-corrected chi connectivity index (χ4v) is 1.23. The molecule has 100 valence electrons. The summed E-state index contributed by atoms with van der Waals surface area (Å²) in [6, 6.07) is -0.590. The Bertz CT molecular complexity index is 254. The molecule has 0 aliphatic rings. The quantitative estimate of drug-likeness (QED) is 0.639. The van der Waals surface area contributed by atoms with Crippen LogP contribution in [-0.4, -0.2) is 29.7 Å². The molecule has 0 bridgehead atoms. The molecule has 0 saturated carbocycles. The van der Waals surface area contributed by atoms with Crippen molar-refractivity contribution in [1.82, 2.24) is 10.6 Å². The molecule has 0 radical (unpaired) electrons. The molecule has 2 atom stereocenters. The van der Waals surface area contributed by atoms with Crippen LogP contribution in [0.3, 0.4) is 0 Å². The molecule has 2 amide bonds. The molecular weight excluding hydrogens is 220 g/mol. The predicted octanol–water partition coefficient (Wildman–Crippen LogP) is 1.83. The van der Waals surface area contributed by atoms with E-state index in [1.165, 1.54) is 0 Å². The Kier molecular flexibility index (Phi) is 7.34. The first-order valence-electron chi connectivity index (χ1n) is 6.12. The molecule has 0 heterocycles. The molecule has 0 aromatic carbocycles. The van der Waals surface area contributed by atoms with Gasteiger partial charge in [0.25, 0.3) is 0 Å². The summed E-state index contributed by atoms with van der Waals surface area (Å²) < 4.78 is 0. The van der Waals surface area contributed by atoms with Crippen LogP contribution in [0.5, 0.6) is 0 Å². The highest BCUT2D eigenvalue weighted by Gasteiger charge is 2.14. The molecule has 17 heavy (non-hydrogen) atoms. The molecule has 0 aliphatic carbocycles. The summed E-state index contributed by atoms with van der Waals surface area (Å²) in [6.07, 6.45) is 0.573. The van der Waals surface area contributed by atoms with Gasteiger partial charge in [-0.3, -0.25) is 4.79 Å². The fraction of sp³-hybridized carbons (Fsp3) is 0.833. The predicted molar refractivity (Wildman–Crippen MR) is 66.9 cm³/mol. The Morgan fingerprint density at radius 1 is 1.24 bits per heavy atom. The van der Waals surface area contributed by atoms with E-state index < -0.39 is 5.97 Å². The van der Waals surface area contributed by atoms with Gasteiger partial charge < -0.3 is 15.7 Å². The molecule has 5 nitrogen and oxygen atoms in total. The summed E-state index contributed by atoms with van der Waals surface area (Å²) in [5, 5.41) is 14.1. The number of nitrogens with one attached hydrogen (secondary N) is 2. The Hall–Kier alpha value is -1.26. The maximum atomic E-state index is 11.5. The lowest BCUT2D eigenvalue weighted by atomic mass is 9.98. The standard InChI is InChI=1S/C12H24N2O3/c1-5-10(6-11(15)16)14-12(17)13-7-9(4)8(2)3/h8-10H,5-7H2,1-4H3,(H,15,16)(H2,13,14,17). The smallest absolute Gasteiger partial charge is 0.315 e. The Morgan fingerprint density at radius 3 is 2.24 bits per heavy atom. The maximum Gasteiger partial charge on any atom is 0.315 e. The van der Waals surface area contributed by atoms with Crippen molar-refractivity contribution in [1.29, 1.82) is 0 Å². The van der Waals surface area contributed by atoms with Crippen molar-refractivity contribution in [3.8, 4) is 0 Å². The van der Waals surface area contributed by atoms with E-state index in [1.807, 2.05) is 6.92 Å². The largest absolute Gasteiger partial charge is 0.481 e. The van der Waals surface area contributed by atoms with Crippen LogP contribution in [0.1, 0.15) is 40.5 Å². The second kappa shape index (κ2) is 7.92. The average molecular weight is 244 g/mol. The van der Waals surface area contributed by atoms with Crippen LogP contribution in [0.2, 0.25) is 0 Å². The van der Waals surface area contributed by atoms with Crippen molar-refractivity contribution in [2.24, 2.45) is 11.8 Å². The zero-order chi connectivity index (χ0) is 13.4. The zero-order valence-corrected chi connectivity index (χ0v) is 11.1. The van der Waals surface area contributed by atoms with Gasteiger partial charge in [0.05, 0.1) is 6.42 Å². The number of aliphatic carboxylic acids is 1. The van der Waals surface area contributed by atoms with Crippen molar-refractivity contribution in [3.63, 3.8) is 0 Å². The first-order chi connectivity index (χ1) is 7.86. The van der Waals surface area contributed by atoms with Gasteiger partial charge in [0.2, 0.25) is 0 Å². The number of urea groups is 1. The second-order valence-electron chi connectivity index (χ2n) is 4.78. The first kappa shape index (κ1) is 15.7. The second-order valence-corrected chi connectivity index (χ2v) is 4.78. The Labute approximate surface area is 103 Å². The van der Waals surface area contributed by atoms with Crippen LogP contribution in [0, 0.1) is 11.8 Å². The van der Waals surface area contributed by atoms with E-state index in [0.29, 0.717) is 24.8 Å². The molecule has 0 aromatic rings. The van der Waals surface area contributed by atoms with Gasteiger partial charge in [-0.2, -0.15) is 0 Å². The lowest BCUT2D eigenvalue weighted by molar-refractivity contribution is -0.137. The minimum Gasteiger partial charge on any atom is -0.481 e. The van der Waals surface area contributed by atoms with Crippen LogP contribution < -0.4 is 10.6 Å². The van der Waals surface area contributed by atoms with Gasteiger partial charge >= 0.3 is 12.0 Å². The van der Waals surface area contributed by atoms with Crippen LogP contribution in [0.15, 0.2) is 0 Å². The van der Waals surface area contributed by atoms with E-state index in [0.717, 1.165) is 0 Å². The van der Waals surface area contributed by atoms with E-state index in [-0.39, 0.29) is 18.5 Å². The highest BCUT2D eigenvalue weighted by molar-refractivity contribution is 5.75. The number of amides is 2. The Morgan fingerprint density at radius 2 is 1.82 bits per heavy atom. The monoisotopic (exact) mass is 244 g/mol. The summed E-state index contributed by atoms with van der Waals surface area (Å²) in [5.41, 5.74) is 0. The molecule has 0 fully saturated rings. The Balaban J connectivity index is 3.94. The molecule has 2 unspecified atom stereocenters. The molecule has 0 saturated heterocycles. The highest BCUT2D eigenvalue weighted by Crippen LogP contribution is 2.07. The molecule has 5 heteroatoms. The third kappa shape index (κ3) is 7.60. The van der Waals surface area contributed by atoms with Gasteiger partial charge in [0.1, 0.15) is 0 Å². The van der Waals surface area contributed by atoms with Crippen molar-refractivity contribution in [2.45, 2.75) is 46.6 Å². The average Bonchev–Trinajstić information content (AvgIpc) is 2.23. The van der Waals surface area contributed by atoms with E-state index >= 15 is 0 Å². The molecule has 3 N–H and O–H groups in total. The lowest BCUT2D eigenvalue weighted by Crippen LogP contribution is -2.44. The summed E-state index contributed by atoms with van der Waals surface area (Å²) >= 11 is 0. The number of rotatable bonds is 7. The molecule has 0 spiro atoms. The van der Waals surface area contributed by atoms with Gasteiger partial charge in [-0.05, 0) is 18.3 Å². The van der Waals surface area contributed by atoms with Gasteiger partial charge in [-0.1, -0.05) is 27.7 Å². The van der Waals surface area contributed by atoms with Crippen LogP contribution in [0.25, 0.3) is 0 Å². The first-order valence-corrected chi connectivity index (χ1v) is 6.12. The van der Waals surface area contributed by atoms with Crippen LogP contribution in [-0.2, 0) is 4.79 Å². The van der Waals surface area contributed by atoms with Crippen molar-refractivity contribution in [2.75, 3.05) is 6.54 Å². The van der Waals surface area contributed by atoms with E-state index in [9.17, 15) is 9.59 Å². The highest BCUT2D eigenvalue weighted by atomic mass is 16.4. The summed E-state index contributed by atoms with van der Waals surface area (Å²) in [6.45, 7) is 8.73. The zero-order valence-electron chi connectivity index (χ0n) is 11.1. The van der Waals surface area contributed by atoms with Crippen molar-refractivity contribution in [3.05, 3.63) is 0 Å². The number of hydrogen-bond donors (Lipinski definition) is 3. The van der Waals surface area contributed by atoms with Crippen molar-refractivity contribution < 1.29 is 14.7 Å². The molecule has 0 aromatic heterocycles. The summed E-state index contributed by atoms with van der Waals surface area (Å²) in [5.74, 6) is 0.0179. The molecular formula is C12H24N2O3. The van der Waals surface area contributed by atoms with Crippen LogP contribution in [0.4, 0.5) is 4.79 Å². The number of carboxylic acid groups (broad SMARTS) is 1. The number of hydrogen-bond acceptors (Lipinski definition) is 2. The van der Waals surface area contributed by atoms with Gasteiger partial charge in [-0.15, -0.1) is 0 Å². The van der Waals surface area contributed by atoms with E-state index in [4.69, 9.17) is 5.11 Å². The third-order valence-corrected chi connectivity index (χ3v) is 2.97. The van der Waals surface area contributed by atoms with E-state index in [1.54, 1.807) is 0 Å². The summed E-state index contributed by atoms with van der Waals surface area (Å²) in [7, 11) is 0. The van der Waals surface area contributed by atoms with Crippen LogP contribution >= 0.6 is 0 Å². The maximum absolute atomic E-state index is 11.5. The third-order valence-electron chi connectivity index (χ3n) is 2.97. The number of carboxylic acids is 1. The normalized spacial score (nSPS) is 14.2. The fourth-order valence-electron chi connectivity index (χ4n) is 1.23. The lowest BCUT2D eigenvalue weighted by Gasteiger charge is -2.19. The minimum atomic E-state index is -0.896.